The average molecular weight is 187 g/mol. The Morgan fingerprint density at radius 1 is 1.82 bits per heavy atom. The van der Waals surface area contributed by atoms with Gasteiger partial charge in [0.1, 0.15) is 0 Å². The summed E-state index contributed by atoms with van der Waals surface area (Å²) in [5.74, 6) is 3.05. The lowest BCUT2D eigenvalue weighted by Gasteiger charge is -2.22. The highest BCUT2D eigenvalue weighted by Gasteiger charge is 2.26. The van der Waals surface area contributed by atoms with Crippen LogP contribution in [-0.4, -0.2) is 24.9 Å². The molecule has 1 rings (SSSR count). The SMILES string of the molecule is C#CC1=CCP(=S)(N(C)C)O1. The molecular weight excluding hydrogens is 177 g/mol. The van der Waals surface area contributed by atoms with Crippen molar-refractivity contribution >= 4 is 18.2 Å². The first-order valence-corrected chi connectivity index (χ1v) is 6.07. The van der Waals surface area contributed by atoms with Gasteiger partial charge in [-0.1, -0.05) is 0 Å². The van der Waals surface area contributed by atoms with E-state index in [9.17, 15) is 0 Å². The Balaban J connectivity index is 2.75. The van der Waals surface area contributed by atoms with E-state index in [0.717, 1.165) is 6.16 Å². The highest BCUT2D eigenvalue weighted by Crippen LogP contribution is 2.54. The zero-order valence-corrected chi connectivity index (χ0v) is 8.28. The van der Waals surface area contributed by atoms with Crippen LogP contribution in [0.3, 0.4) is 0 Å². The van der Waals surface area contributed by atoms with Crippen molar-refractivity contribution in [3.05, 3.63) is 11.8 Å². The van der Waals surface area contributed by atoms with Gasteiger partial charge in [-0.05, 0) is 37.9 Å². The van der Waals surface area contributed by atoms with Crippen molar-refractivity contribution < 1.29 is 4.52 Å². The average Bonchev–Trinajstić information content (AvgIpc) is 2.33. The lowest BCUT2D eigenvalue weighted by Crippen LogP contribution is -2.08. The van der Waals surface area contributed by atoms with Crippen molar-refractivity contribution in [3.63, 3.8) is 0 Å². The second kappa shape index (κ2) is 2.98. The molecule has 1 aliphatic heterocycles. The summed E-state index contributed by atoms with van der Waals surface area (Å²) in [6.07, 6.45) is 6.06. The summed E-state index contributed by atoms with van der Waals surface area (Å²) < 4.78 is 7.38. The molecule has 0 fully saturated rings. The van der Waals surface area contributed by atoms with E-state index in [-0.39, 0.29) is 0 Å². The maximum Gasteiger partial charge on any atom is 0.185 e. The summed E-state index contributed by atoms with van der Waals surface area (Å²) in [4.78, 5) is 0. The third-order valence-corrected chi connectivity index (χ3v) is 5.50. The van der Waals surface area contributed by atoms with Gasteiger partial charge in [0.15, 0.2) is 12.2 Å². The summed E-state index contributed by atoms with van der Waals surface area (Å²) in [7, 11) is 3.85. The molecule has 1 unspecified atom stereocenters. The molecule has 0 N–H and O–H groups in total. The van der Waals surface area contributed by atoms with Gasteiger partial charge in [0.05, 0.1) is 0 Å². The number of nitrogens with zero attached hydrogens (tertiary/aromatic N) is 1. The molecule has 0 aromatic rings. The smallest absolute Gasteiger partial charge is 0.185 e. The van der Waals surface area contributed by atoms with Crippen molar-refractivity contribution in [1.29, 1.82) is 0 Å². The molecule has 0 spiro atoms. The van der Waals surface area contributed by atoms with Gasteiger partial charge in [0.2, 0.25) is 0 Å². The fraction of sp³-hybridized carbons (Fsp3) is 0.429. The predicted molar refractivity (Wildman–Crippen MR) is 50.8 cm³/mol. The fourth-order valence-corrected chi connectivity index (χ4v) is 2.62. The van der Waals surface area contributed by atoms with E-state index in [1.165, 1.54) is 0 Å². The van der Waals surface area contributed by atoms with Crippen LogP contribution in [0.1, 0.15) is 0 Å². The Kier molecular flexibility index (Phi) is 2.39. The number of hydrogen-bond donors (Lipinski definition) is 0. The number of terminal acetylenes is 1. The molecule has 0 aliphatic carbocycles. The van der Waals surface area contributed by atoms with Crippen LogP contribution in [0.5, 0.6) is 0 Å². The summed E-state index contributed by atoms with van der Waals surface area (Å²) in [6.45, 7) is 0. The largest absolute Gasteiger partial charge is 0.445 e. The van der Waals surface area contributed by atoms with E-state index >= 15 is 0 Å². The molecule has 0 bridgehead atoms. The lowest BCUT2D eigenvalue weighted by atomic mass is 10.5. The van der Waals surface area contributed by atoms with Gasteiger partial charge in [-0.15, -0.1) is 6.42 Å². The molecule has 1 aliphatic rings. The van der Waals surface area contributed by atoms with Crippen LogP contribution < -0.4 is 0 Å². The number of allylic oxidation sites excluding steroid dienone is 2. The molecule has 0 aromatic carbocycles. The van der Waals surface area contributed by atoms with Crippen molar-refractivity contribution in [1.82, 2.24) is 4.67 Å². The monoisotopic (exact) mass is 187 g/mol. The molecule has 60 valence electrons. The Hall–Kier alpha value is -0.290. The van der Waals surface area contributed by atoms with Crippen LogP contribution in [0.15, 0.2) is 11.8 Å². The highest BCUT2D eigenvalue weighted by atomic mass is 32.4. The normalized spacial score (nSPS) is 29.5. The van der Waals surface area contributed by atoms with Crippen molar-refractivity contribution in [2.45, 2.75) is 0 Å². The molecule has 0 saturated heterocycles. The van der Waals surface area contributed by atoms with Crippen molar-refractivity contribution in [2.24, 2.45) is 0 Å². The Bertz CT molecular complexity index is 277. The second-order valence-corrected chi connectivity index (χ2v) is 6.81. The predicted octanol–water partition coefficient (Wildman–Crippen LogP) is 1.40. The molecular formula is C7H10NOPS. The highest BCUT2D eigenvalue weighted by molar-refractivity contribution is 8.11. The van der Waals surface area contributed by atoms with Gasteiger partial charge in [0.25, 0.3) is 0 Å². The first-order valence-electron chi connectivity index (χ1n) is 3.22. The number of hydrogen-bond acceptors (Lipinski definition) is 2. The van der Waals surface area contributed by atoms with E-state index in [1.807, 2.05) is 24.8 Å². The van der Waals surface area contributed by atoms with E-state index in [2.05, 4.69) is 5.92 Å². The maximum absolute atomic E-state index is 5.44. The first-order chi connectivity index (χ1) is 5.08. The minimum absolute atomic E-state index is 0.599. The Morgan fingerprint density at radius 3 is 2.73 bits per heavy atom. The molecule has 11 heavy (non-hydrogen) atoms. The van der Waals surface area contributed by atoms with Gasteiger partial charge in [-0.2, -0.15) is 0 Å². The molecule has 0 saturated carbocycles. The molecule has 0 amide bonds. The van der Waals surface area contributed by atoms with Crippen molar-refractivity contribution in [2.75, 3.05) is 20.3 Å². The maximum atomic E-state index is 5.44. The molecule has 2 nitrogen and oxygen atoms in total. The molecule has 4 heteroatoms. The summed E-state index contributed by atoms with van der Waals surface area (Å²) in [5, 5.41) is 0. The zero-order valence-electron chi connectivity index (χ0n) is 6.57. The zero-order chi connectivity index (χ0) is 8.48. The summed E-state index contributed by atoms with van der Waals surface area (Å²) in [5.41, 5.74) is 0. The topological polar surface area (TPSA) is 12.5 Å². The standard InChI is InChI=1S/C7H10NOPS/c1-4-7-5-6-10(11,9-7)8(2)3/h1,5H,6H2,2-3H3. The van der Waals surface area contributed by atoms with Crippen LogP contribution in [-0.2, 0) is 16.3 Å². The third kappa shape index (κ3) is 1.65. The van der Waals surface area contributed by atoms with Crippen LogP contribution in [0, 0.1) is 12.3 Å². The van der Waals surface area contributed by atoms with Gasteiger partial charge in [-0.3, -0.25) is 4.67 Å². The summed E-state index contributed by atoms with van der Waals surface area (Å²) >= 11 is 5.30. The van der Waals surface area contributed by atoms with Gasteiger partial charge in [-0.25, -0.2) is 0 Å². The molecule has 1 atom stereocenters. The van der Waals surface area contributed by atoms with E-state index in [0.29, 0.717) is 5.76 Å². The molecule has 1 heterocycles. The quantitative estimate of drug-likeness (QED) is 0.455. The van der Waals surface area contributed by atoms with Gasteiger partial charge in [0, 0.05) is 6.16 Å². The minimum atomic E-state index is -1.78. The van der Waals surface area contributed by atoms with Gasteiger partial charge >= 0.3 is 0 Å². The Labute approximate surface area is 72.4 Å². The van der Waals surface area contributed by atoms with Gasteiger partial charge < -0.3 is 4.52 Å². The van der Waals surface area contributed by atoms with Crippen LogP contribution >= 0.6 is 6.42 Å². The van der Waals surface area contributed by atoms with Crippen LogP contribution in [0.25, 0.3) is 0 Å². The minimum Gasteiger partial charge on any atom is -0.445 e. The molecule has 0 aromatic heterocycles. The van der Waals surface area contributed by atoms with E-state index in [1.54, 1.807) is 0 Å². The molecule has 0 radical (unpaired) electrons. The second-order valence-electron chi connectivity index (χ2n) is 2.47. The van der Waals surface area contributed by atoms with E-state index < -0.39 is 6.42 Å². The Morgan fingerprint density at radius 2 is 2.45 bits per heavy atom. The lowest BCUT2D eigenvalue weighted by molar-refractivity contribution is 0.461. The third-order valence-electron chi connectivity index (χ3n) is 1.50. The van der Waals surface area contributed by atoms with Crippen LogP contribution in [0.2, 0.25) is 0 Å². The number of rotatable bonds is 1. The van der Waals surface area contributed by atoms with Crippen LogP contribution in [0.4, 0.5) is 0 Å². The fourth-order valence-electron chi connectivity index (χ4n) is 0.757. The van der Waals surface area contributed by atoms with E-state index in [4.69, 9.17) is 22.8 Å². The first kappa shape index (κ1) is 8.80. The van der Waals surface area contributed by atoms with Crippen molar-refractivity contribution in [3.8, 4) is 12.3 Å². The summed E-state index contributed by atoms with van der Waals surface area (Å²) in [6, 6.07) is 0.